The Hall–Kier alpha value is -1.89. The van der Waals surface area contributed by atoms with Crippen LogP contribution in [0.3, 0.4) is 0 Å². The molecule has 2 aliphatic rings. The Balaban J connectivity index is 0.000000487. The first-order chi connectivity index (χ1) is 12.4. The summed E-state index contributed by atoms with van der Waals surface area (Å²) in [5, 5.41) is 17.9. The Morgan fingerprint density at radius 3 is 2.23 bits per heavy atom. The van der Waals surface area contributed by atoms with Crippen LogP contribution in [0.4, 0.5) is 0 Å². The predicted octanol–water partition coefficient (Wildman–Crippen LogP) is 2.13. The molecule has 0 saturated carbocycles. The number of allylic oxidation sites excluding steroid dienone is 2. The molecule has 1 fully saturated rings. The van der Waals surface area contributed by atoms with Crippen LogP contribution < -0.4 is 5.32 Å². The van der Waals surface area contributed by atoms with Gasteiger partial charge in [0.1, 0.15) is 0 Å². The Morgan fingerprint density at radius 1 is 1.08 bits per heavy atom. The molecule has 1 atom stereocenters. The lowest BCUT2D eigenvalue weighted by Gasteiger charge is -2.34. The molecular formula is C19H32N2O5. The summed E-state index contributed by atoms with van der Waals surface area (Å²) in [6.45, 7) is 6.45. The molecule has 0 bridgehead atoms. The number of carboxylic acids is 2. The summed E-state index contributed by atoms with van der Waals surface area (Å²) in [6, 6.07) is 0. The van der Waals surface area contributed by atoms with Crippen molar-refractivity contribution in [1.29, 1.82) is 0 Å². The van der Waals surface area contributed by atoms with E-state index in [1.165, 1.54) is 25.8 Å². The Bertz CT molecular complexity index is 472. The number of unbranched alkanes of at least 4 members (excludes halogenated alkanes) is 1. The summed E-state index contributed by atoms with van der Waals surface area (Å²) in [4.78, 5) is 32.8. The molecule has 0 aromatic rings. The van der Waals surface area contributed by atoms with Crippen molar-refractivity contribution in [3.05, 3.63) is 12.2 Å². The predicted molar refractivity (Wildman–Crippen MR) is 98.8 cm³/mol. The van der Waals surface area contributed by atoms with Gasteiger partial charge in [-0.05, 0) is 57.5 Å². The molecule has 26 heavy (non-hydrogen) atoms. The number of hydrogen-bond donors (Lipinski definition) is 3. The fourth-order valence-corrected chi connectivity index (χ4v) is 3.30. The number of hydrogen-bond acceptors (Lipinski definition) is 4. The summed E-state index contributed by atoms with van der Waals surface area (Å²) in [5.74, 6) is -2.26. The second-order valence-electron chi connectivity index (χ2n) is 6.98. The molecule has 1 aliphatic carbocycles. The molecule has 1 unspecified atom stereocenters. The minimum absolute atomic E-state index is 0.259. The summed E-state index contributed by atoms with van der Waals surface area (Å²) in [7, 11) is 0. The van der Waals surface area contributed by atoms with Gasteiger partial charge in [-0.25, -0.2) is 9.59 Å². The van der Waals surface area contributed by atoms with Crippen molar-refractivity contribution in [3.8, 4) is 0 Å². The van der Waals surface area contributed by atoms with E-state index in [1.54, 1.807) is 0 Å². The van der Waals surface area contributed by atoms with Crippen molar-refractivity contribution in [1.82, 2.24) is 10.2 Å². The van der Waals surface area contributed by atoms with E-state index < -0.39 is 11.9 Å². The third-order valence-corrected chi connectivity index (χ3v) is 4.86. The van der Waals surface area contributed by atoms with Crippen LogP contribution in [-0.4, -0.2) is 59.1 Å². The maximum absolute atomic E-state index is 12.0. The van der Waals surface area contributed by atoms with Crippen molar-refractivity contribution in [2.45, 2.75) is 51.9 Å². The van der Waals surface area contributed by atoms with Crippen LogP contribution in [-0.2, 0) is 14.4 Å². The van der Waals surface area contributed by atoms with Gasteiger partial charge in [-0.2, -0.15) is 0 Å². The first-order valence-electron chi connectivity index (χ1n) is 9.55. The molecule has 1 saturated heterocycles. The van der Waals surface area contributed by atoms with Gasteiger partial charge in [0.15, 0.2) is 0 Å². The summed E-state index contributed by atoms with van der Waals surface area (Å²) >= 11 is 0. The van der Waals surface area contributed by atoms with Crippen molar-refractivity contribution in [2.24, 2.45) is 11.8 Å². The lowest BCUT2D eigenvalue weighted by atomic mass is 9.91. The van der Waals surface area contributed by atoms with E-state index in [0.717, 1.165) is 51.2 Å². The maximum atomic E-state index is 12.0. The van der Waals surface area contributed by atoms with Crippen LogP contribution >= 0.6 is 0 Å². The first-order valence-corrected chi connectivity index (χ1v) is 9.55. The number of carboxylic acid groups (broad SMARTS) is 2. The molecule has 2 rings (SSSR count). The van der Waals surface area contributed by atoms with Gasteiger partial charge in [-0.15, -0.1) is 0 Å². The second-order valence-corrected chi connectivity index (χ2v) is 6.98. The van der Waals surface area contributed by atoms with E-state index in [-0.39, 0.29) is 5.92 Å². The zero-order valence-electron chi connectivity index (χ0n) is 15.7. The molecule has 7 heteroatoms. The monoisotopic (exact) mass is 368 g/mol. The van der Waals surface area contributed by atoms with Gasteiger partial charge in [0, 0.05) is 19.0 Å². The van der Waals surface area contributed by atoms with Gasteiger partial charge in [-0.3, -0.25) is 4.79 Å². The number of amides is 1. The van der Waals surface area contributed by atoms with Crippen LogP contribution in [0.15, 0.2) is 12.2 Å². The Labute approximate surface area is 155 Å². The summed E-state index contributed by atoms with van der Waals surface area (Å²) in [6.07, 6.45) is 12.8. The normalized spacial score (nSPS) is 20.7. The number of carbonyl (C=O) groups excluding carboxylic acids is 1. The molecule has 7 nitrogen and oxygen atoms in total. The highest BCUT2D eigenvalue weighted by molar-refractivity contribution is 6.27. The van der Waals surface area contributed by atoms with E-state index >= 15 is 0 Å². The standard InChI is InChI=1S/C17H30N2O.C2H2O4/c1-2-3-11-18-17(20)16-9-12-19(13-10-16)14-15-7-5-4-6-8-15;3-1(4)2(5)6/h4-5,15-16H,2-3,6-14H2,1H3,(H,18,20);(H,3,4)(H,5,6). The highest BCUT2D eigenvalue weighted by Gasteiger charge is 2.25. The van der Waals surface area contributed by atoms with Crippen LogP contribution in [0.2, 0.25) is 0 Å². The van der Waals surface area contributed by atoms with Crippen LogP contribution in [0.1, 0.15) is 51.9 Å². The number of nitrogens with zero attached hydrogens (tertiary/aromatic N) is 1. The molecule has 3 N–H and O–H groups in total. The van der Waals surface area contributed by atoms with E-state index in [9.17, 15) is 4.79 Å². The largest absolute Gasteiger partial charge is 0.473 e. The Kier molecular flexibility index (Phi) is 10.6. The number of likely N-dealkylation sites (tertiary alicyclic amines) is 1. The molecule has 0 radical (unpaired) electrons. The third kappa shape index (κ3) is 8.99. The number of aliphatic carboxylic acids is 2. The molecule has 1 aliphatic heterocycles. The van der Waals surface area contributed by atoms with E-state index in [1.807, 2.05) is 0 Å². The van der Waals surface area contributed by atoms with E-state index in [4.69, 9.17) is 19.8 Å². The van der Waals surface area contributed by atoms with Gasteiger partial charge in [0.25, 0.3) is 0 Å². The average Bonchev–Trinajstić information content (AvgIpc) is 2.64. The van der Waals surface area contributed by atoms with Crippen molar-refractivity contribution in [2.75, 3.05) is 26.2 Å². The summed E-state index contributed by atoms with van der Waals surface area (Å²) < 4.78 is 0. The first kappa shape index (κ1) is 22.2. The van der Waals surface area contributed by atoms with Gasteiger partial charge in [0.2, 0.25) is 5.91 Å². The molecule has 0 spiro atoms. The lowest BCUT2D eigenvalue weighted by molar-refractivity contribution is -0.159. The van der Waals surface area contributed by atoms with Gasteiger partial charge in [-0.1, -0.05) is 25.5 Å². The fourth-order valence-electron chi connectivity index (χ4n) is 3.30. The maximum Gasteiger partial charge on any atom is 0.414 e. The summed E-state index contributed by atoms with van der Waals surface area (Å²) in [5.41, 5.74) is 0. The van der Waals surface area contributed by atoms with E-state index in [0.29, 0.717) is 5.91 Å². The molecule has 1 amide bonds. The third-order valence-electron chi connectivity index (χ3n) is 4.86. The number of nitrogens with one attached hydrogen (secondary N) is 1. The number of carbonyl (C=O) groups is 3. The number of piperidine rings is 1. The molecule has 148 valence electrons. The topological polar surface area (TPSA) is 107 Å². The van der Waals surface area contributed by atoms with E-state index in [2.05, 4.69) is 29.3 Å². The lowest BCUT2D eigenvalue weighted by Crippen LogP contribution is -2.42. The average molecular weight is 368 g/mol. The van der Waals surface area contributed by atoms with Crippen LogP contribution in [0, 0.1) is 11.8 Å². The minimum Gasteiger partial charge on any atom is -0.473 e. The van der Waals surface area contributed by atoms with Gasteiger partial charge in [0.05, 0.1) is 0 Å². The van der Waals surface area contributed by atoms with Crippen LogP contribution in [0.25, 0.3) is 0 Å². The zero-order valence-corrected chi connectivity index (χ0v) is 15.7. The highest BCUT2D eigenvalue weighted by Crippen LogP contribution is 2.23. The smallest absolute Gasteiger partial charge is 0.414 e. The number of rotatable bonds is 6. The molecule has 0 aromatic heterocycles. The van der Waals surface area contributed by atoms with Crippen LogP contribution in [0.5, 0.6) is 0 Å². The molecule has 0 aromatic carbocycles. The van der Waals surface area contributed by atoms with Crippen molar-refractivity contribution >= 4 is 17.8 Å². The van der Waals surface area contributed by atoms with Gasteiger partial charge >= 0.3 is 11.9 Å². The van der Waals surface area contributed by atoms with Gasteiger partial charge < -0.3 is 20.4 Å². The SMILES string of the molecule is CCCCNC(=O)C1CCN(CC2CC=CCC2)CC1.O=C(O)C(=O)O. The zero-order chi connectivity index (χ0) is 19.4. The quantitative estimate of drug-likeness (QED) is 0.377. The van der Waals surface area contributed by atoms with Crippen molar-refractivity contribution < 1.29 is 24.6 Å². The second kappa shape index (κ2) is 12.5. The minimum atomic E-state index is -1.82. The Morgan fingerprint density at radius 2 is 1.73 bits per heavy atom. The fraction of sp³-hybridized carbons (Fsp3) is 0.737. The molecular weight excluding hydrogens is 336 g/mol. The molecule has 1 heterocycles. The van der Waals surface area contributed by atoms with Crippen molar-refractivity contribution in [3.63, 3.8) is 0 Å². The highest BCUT2D eigenvalue weighted by atomic mass is 16.4.